The summed E-state index contributed by atoms with van der Waals surface area (Å²) in [5.41, 5.74) is 9.05. The molecule has 0 saturated heterocycles. The first-order chi connectivity index (χ1) is 8.09. The summed E-state index contributed by atoms with van der Waals surface area (Å²) >= 11 is 1.92. The molecule has 1 rings (SSSR count). The standard InChI is InChI=1S/C16H27NS/c1-15(2,3)13-9-7-12(8-10-13)14(17)11-18-16(4,5)6/h7-10,14H,11,17H2,1-6H3. The molecule has 0 bridgehead atoms. The van der Waals surface area contributed by atoms with Crippen LogP contribution in [0.15, 0.2) is 24.3 Å². The summed E-state index contributed by atoms with van der Waals surface area (Å²) in [6.07, 6.45) is 0. The Balaban J connectivity index is 2.68. The molecule has 0 radical (unpaired) electrons. The zero-order chi connectivity index (χ0) is 14.0. The quantitative estimate of drug-likeness (QED) is 0.870. The van der Waals surface area contributed by atoms with Crippen LogP contribution in [-0.4, -0.2) is 10.5 Å². The van der Waals surface area contributed by atoms with Crippen LogP contribution in [0.4, 0.5) is 0 Å². The van der Waals surface area contributed by atoms with Gasteiger partial charge >= 0.3 is 0 Å². The maximum absolute atomic E-state index is 6.24. The van der Waals surface area contributed by atoms with Gasteiger partial charge in [0.15, 0.2) is 0 Å². The lowest BCUT2D eigenvalue weighted by molar-refractivity contribution is 0.589. The fourth-order valence-electron chi connectivity index (χ4n) is 1.67. The number of rotatable bonds is 3. The zero-order valence-electron chi connectivity index (χ0n) is 12.6. The fourth-order valence-corrected chi connectivity index (χ4v) is 2.54. The Labute approximate surface area is 117 Å². The van der Waals surface area contributed by atoms with Crippen LogP contribution in [0.2, 0.25) is 0 Å². The van der Waals surface area contributed by atoms with Gasteiger partial charge in [0.1, 0.15) is 0 Å². The van der Waals surface area contributed by atoms with Crippen LogP contribution in [0.3, 0.4) is 0 Å². The monoisotopic (exact) mass is 265 g/mol. The summed E-state index contributed by atoms with van der Waals surface area (Å²) in [6, 6.07) is 8.89. The first kappa shape index (κ1) is 15.6. The number of hydrogen-bond acceptors (Lipinski definition) is 2. The van der Waals surface area contributed by atoms with Gasteiger partial charge in [-0.2, -0.15) is 11.8 Å². The third kappa shape index (κ3) is 5.03. The molecule has 1 aromatic rings. The Morgan fingerprint density at radius 3 is 1.89 bits per heavy atom. The molecule has 102 valence electrons. The van der Waals surface area contributed by atoms with Gasteiger partial charge in [-0.15, -0.1) is 0 Å². The molecule has 0 aliphatic heterocycles. The van der Waals surface area contributed by atoms with E-state index < -0.39 is 0 Å². The van der Waals surface area contributed by atoms with Crippen molar-refractivity contribution in [3.63, 3.8) is 0 Å². The van der Waals surface area contributed by atoms with Crippen molar-refractivity contribution < 1.29 is 0 Å². The van der Waals surface area contributed by atoms with E-state index >= 15 is 0 Å². The molecule has 0 aliphatic carbocycles. The SMILES string of the molecule is CC(C)(C)SCC(N)c1ccc(C(C)(C)C)cc1. The van der Waals surface area contributed by atoms with Gasteiger partial charge in [0, 0.05) is 16.5 Å². The van der Waals surface area contributed by atoms with Crippen molar-refractivity contribution in [1.29, 1.82) is 0 Å². The molecule has 1 aromatic carbocycles. The van der Waals surface area contributed by atoms with E-state index in [1.807, 2.05) is 11.8 Å². The van der Waals surface area contributed by atoms with Gasteiger partial charge in [-0.1, -0.05) is 65.8 Å². The van der Waals surface area contributed by atoms with Gasteiger partial charge in [-0.25, -0.2) is 0 Å². The predicted octanol–water partition coefficient (Wildman–Crippen LogP) is 4.52. The number of nitrogens with two attached hydrogens (primary N) is 1. The van der Waals surface area contributed by atoms with Crippen LogP contribution in [-0.2, 0) is 5.41 Å². The Bertz CT molecular complexity index is 368. The molecule has 2 heteroatoms. The minimum absolute atomic E-state index is 0.128. The smallest absolute Gasteiger partial charge is 0.0387 e. The van der Waals surface area contributed by atoms with E-state index in [1.54, 1.807) is 0 Å². The molecule has 1 unspecified atom stereocenters. The normalized spacial score (nSPS) is 14.6. The van der Waals surface area contributed by atoms with Crippen molar-refractivity contribution in [3.8, 4) is 0 Å². The molecule has 0 fully saturated rings. The van der Waals surface area contributed by atoms with Crippen molar-refractivity contribution in [2.75, 3.05) is 5.75 Å². The largest absolute Gasteiger partial charge is 0.323 e. The average molecular weight is 265 g/mol. The van der Waals surface area contributed by atoms with Crippen molar-refractivity contribution in [2.24, 2.45) is 5.73 Å². The molecule has 0 heterocycles. The summed E-state index contributed by atoms with van der Waals surface area (Å²) in [6.45, 7) is 13.4. The first-order valence-electron chi connectivity index (χ1n) is 6.59. The van der Waals surface area contributed by atoms with Gasteiger partial charge in [0.2, 0.25) is 0 Å². The van der Waals surface area contributed by atoms with E-state index in [-0.39, 0.29) is 16.2 Å². The molecule has 18 heavy (non-hydrogen) atoms. The summed E-state index contributed by atoms with van der Waals surface area (Å²) in [5.74, 6) is 0.971. The lowest BCUT2D eigenvalue weighted by Gasteiger charge is -2.22. The molecule has 1 atom stereocenters. The highest BCUT2D eigenvalue weighted by atomic mass is 32.2. The highest BCUT2D eigenvalue weighted by Crippen LogP contribution is 2.28. The van der Waals surface area contributed by atoms with Gasteiger partial charge in [-0.3, -0.25) is 0 Å². The molecule has 0 saturated carbocycles. The van der Waals surface area contributed by atoms with E-state index in [0.29, 0.717) is 0 Å². The molecule has 1 nitrogen and oxygen atoms in total. The third-order valence-corrected chi connectivity index (χ3v) is 4.29. The predicted molar refractivity (Wildman–Crippen MR) is 84.3 cm³/mol. The van der Waals surface area contributed by atoms with Gasteiger partial charge < -0.3 is 5.73 Å². The van der Waals surface area contributed by atoms with Crippen LogP contribution >= 0.6 is 11.8 Å². The average Bonchev–Trinajstić information content (AvgIpc) is 2.24. The first-order valence-corrected chi connectivity index (χ1v) is 7.58. The van der Waals surface area contributed by atoms with E-state index in [9.17, 15) is 0 Å². The van der Waals surface area contributed by atoms with Gasteiger partial charge in [0.25, 0.3) is 0 Å². The lowest BCUT2D eigenvalue weighted by atomic mass is 9.86. The zero-order valence-corrected chi connectivity index (χ0v) is 13.4. The fraction of sp³-hybridized carbons (Fsp3) is 0.625. The summed E-state index contributed by atoms with van der Waals surface area (Å²) in [5, 5.41) is 0. The lowest BCUT2D eigenvalue weighted by Crippen LogP contribution is -2.18. The van der Waals surface area contributed by atoms with E-state index in [4.69, 9.17) is 5.73 Å². The van der Waals surface area contributed by atoms with E-state index in [0.717, 1.165) is 5.75 Å². The van der Waals surface area contributed by atoms with Gasteiger partial charge in [0.05, 0.1) is 0 Å². The van der Waals surface area contributed by atoms with Crippen LogP contribution in [0.5, 0.6) is 0 Å². The second-order valence-electron chi connectivity index (χ2n) is 6.90. The maximum Gasteiger partial charge on any atom is 0.0387 e. The minimum atomic E-state index is 0.128. The Hall–Kier alpha value is -0.470. The minimum Gasteiger partial charge on any atom is -0.323 e. The molecular formula is C16H27NS. The Morgan fingerprint density at radius 2 is 1.50 bits per heavy atom. The molecule has 0 spiro atoms. The summed E-state index contributed by atoms with van der Waals surface area (Å²) < 4.78 is 0.281. The Kier molecular flexibility index (Phi) is 4.90. The van der Waals surface area contributed by atoms with Crippen molar-refractivity contribution in [2.45, 2.75) is 57.7 Å². The molecular weight excluding hydrogens is 238 g/mol. The van der Waals surface area contributed by atoms with Crippen LogP contribution in [0.1, 0.15) is 58.7 Å². The summed E-state index contributed by atoms with van der Waals surface area (Å²) in [7, 11) is 0. The number of hydrogen-bond donors (Lipinski definition) is 1. The molecule has 2 N–H and O–H groups in total. The van der Waals surface area contributed by atoms with Gasteiger partial charge in [-0.05, 0) is 16.5 Å². The number of thioether (sulfide) groups is 1. The maximum atomic E-state index is 6.24. The van der Waals surface area contributed by atoms with Crippen molar-refractivity contribution in [3.05, 3.63) is 35.4 Å². The van der Waals surface area contributed by atoms with E-state index in [1.165, 1.54) is 11.1 Å². The highest BCUT2D eigenvalue weighted by molar-refractivity contribution is 8.00. The second kappa shape index (κ2) is 5.66. The van der Waals surface area contributed by atoms with Crippen molar-refractivity contribution >= 4 is 11.8 Å². The molecule has 0 aliphatic rings. The van der Waals surface area contributed by atoms with Crippen LogP contribution in [0, 0.1) is 0 Å². The van der Waals surface area contributed by atoms with Crippen molar-refractivity contribution in [1.82, 2.24) is 0 Å². The van der Waals surface area contributed by atoms with Crippen LogP contribution < -0.4 is 5.73 Å². The van der Waals surface area contributed by atoms with Crippen LogP contribution in [0.25, 0.3) is 0 Å². The highest BCUT2D eigenvalue weighted by Gasteiger charge is 2.16. The molecule has 0 aromatic heterocycles. The third-order valence-electron chi connectivity index (χ3n) is 2.90. The number of benzene rings is 1. The molecule has 0 amide bonds. The second-order valence-corrected chi connectivity index (χ2v) is 8.75. The topological polar surface area (TPSA) is 26.0 Å². The Morgan fingerprint density at radius 1 is 1.00 bits per heavy atom. The van der Waals surface area contributed by atoms with E-state index in [2.05, 4.69) is 65.8 Å². The summed E-state index contributed by atoms with van der Waals surface area (Å²) in [4.78, 5) is 0.